The zero-order chi connectivity index (χ0) is 22.2. The lowest BCUT2D eigenvalue weighted by molar-refractivity contribution is -0.222. The molecule has 6 rings (SSSR count). The first-order valence-electron chi connectivity index (χ1n) is 11.6. The fourth-order valence-electron chi connectivity index (χ4n) is 9.20. The minimum absolute atomic E-state index is 0.0605. The molecule has 0 amide bonds. The van der Waals surface area contributed by atoms with Crippen LogP contribution in [0.3, 0.4) is 0 Å². The lowest BCUT2D eigenvalue weighted by Crippen LogP contribution is -2.69. The molecule has 5 heteroatoms. The number of allylic oxidation sites excluding steroid dienone is 2. The summed E-state index contributed by atoms with van der Waals surface area (Å²) in [7, 11) is 0. The Balaban J connectivity index is 1.51. The molecule has 1 aliphatic heterocycles. The number of carbonyl (C=O) groups excluding carboxylic acids is 2. The maximum absolute atomic E-state index is 13.5. The number of hydrogen-bond acceptors (Lipinski definition) is 5. The number of hydrogen-bond donors (Lipinski definition) is 1. The first-order valence-corrected chi connectivity index (χ1v) is 11.6. The normalized spacial score (nSPS) is 54.1. The van der Waals surface area contributed by atoms with Gasteiger partial charge in [0.15, 0.2) is 11.6 Å². The number of aliphatic hydroxyl groups is 1. The molecule has 0 bridgehead atoms. The second kappa shape index (κ2) is 5.43. The fraction of sp³-hybridized carbons (Fsp3) is 0.692. The maximum atomic E-state index is 13.5. The van der Waals surface area contributed by atoms with Crippen molar-refractivity contribution in [1.29, 1.82) is 0 Å². The van der Waals surface area contributed by atoms with Gasteiger partial charge >= 0.3 is 0 Å². The number of fused-ring (bicyclic) bond motifs is 3. The Labute approximate surface area is 183 Å². The highest BCUT2D eigenvalue weighted by molar-refractivity contribution is 5.98. The molecule has 0 radical (unpaired) electrons. The van der Waals surface area contributed by atoms with Gasteiger partial charge in [-0.25, -0.2) is 0 Å². The maximum Gasteiger partial charge on any atom is 0.172 e. The fourth-order valence-corrected chi connectivity index (χ4v) is 9.20. The van der Waals surface area contributed by atoms with Crippen molar-refractivity contribution in [2.45, 2.75) is 77.6 Å². The Kier molecular flexibility index (Phi) is 3.49. The van der Waals surface area contributed by atoms with Crippen LogP contribution in [0.25, 0.3) is 0 Å². The van der Waals surface area contributed by atoms with E-state index in [0.29, 0.717) is 6.42 Å². The summed E-state index contributed by atoms with van der Waals surface area (Å²) in [4.78, 5) is 26.3. The molecule has 0 aromatic carbocycles. The first kappa shape index (κ1) is 19.9. The van der Waals surface area contributed by atoms with Crippen LogP contribution >= 0.6 is 0 Å². The zero-order valence-electron chi connectivity index (χ0n) is 19.0. The lowest BCUT2D eigenvalue weighted by atomic mass is 9.37. The van der Waals surface area contributed by atoms with Gasteiger partial charge in [0.05, 0.1) is 24.5 Å². The van der Waals surface area contributed by atoms with E-state index in [4.69, 9.17) is 9.15 Å². The molecule has 5 nitrogen and oxygen atoms in total. The van der Waals surface area contributed by atoms with Crippen LogP contribution in [0.15, 0.2) is 35.2 Å². The molecule has 2 heterocycles. The molecule has 1 spiro atoms. The van der Waals surface area contributed by atoms with E-state index in [2.05, 4.69) is 26.8 Å². The number of epoxide rings is 1. The highest BCUT2D eigenvalue weighted by Gasteiger charge is 2.89. The Morgan fingerprint density at radius 1 is 1.10 bits per heavy atom. The van der Waals surface area contributed by atoms with Crippen LogP contribution in [0.4, 0.5) is 0 Å². The molecule has 3 saturated carbocycles. The molecule has 1 aromatic rings. The Morgan fingerprint density at radius 3 is 2.52 bits per heavy atom. The number of aliphatic hydroxyl groups excluding tert-OH is 1. The van der Waals surface area contributed by atoms with E-state index in [1.807, 2.05) is 19.9 Å². The van der Waals surface area contributed by atoms with Crippen LogP contribution in [-0.2, 0) is 14.3 Å². The molecule has 1 saturated heterocycles. The van der Waals surface area contributed by atoms with Gasteiger partial charge in [0.25, 0.3) is 0 Å². The van der Waals surface area contributed by atoms with E-state index >= 15 is 0 Å². The summed E-state index contributed by atoms with van der Waals surface area (Å²) in [6.07, 6.45) is 8.38. The van der Waals surface area contributed by atoms with Gasteiger partial charge in [0, 0.05) is 21.8 Å². The molecule has 9 atom stereocenters. The summed E-state index contributed by atoms with van der Waals surface area (Å²) in [6, 6.07) is 1.90. The van der Waals surface area contributed by atoms with E-state index in [-0.39, 0.29) is 34.7 Å². The van der Waals surface area contributed by atoms with Crippen molar-refractivity contribution in [3.8, 4) is 0 Å². The minimum atomic E-state index is -0.672. The minimum Gasteiger partial charge on any atom is -0.472 e. The number of furan rings is 1. The second-order valence-electron chi connectivity index (χ2n) is 12.0. The van der Waals surface area contributed by atoms with Crippen LogP contribution in [0, 0.1) is 33.5 Å². The summed E-state index contributed by atoms with van der Waals surface area (Å²) in [5.41, 5.74) is -1.45. The second-order valence-corrected chi connectivity index (χ2v) is 12.0. The van der Waals surface area contributed by atoms with Crippen molar-refractivity contribution in [3.63, 3.8) is 0 Å². The number of ether oxygens (including phenoxy) is 1. The van der Waals surface area contributed by atoms with Gasteiger partial charge in [-0.05, 0) is 48.7 Å². The molecule has 0 unspecified atom stereocenters. The van der Waals surface area contributed by atoms with E-state index in [1.165, 1.54) is 0 Å². The van der Waals surface area contributed by atoms with Gasteiger partial charge in [-0.3, -0.25) is 9.59 Å². The Hall–Kier alpha value is -1.72. The quantitative estimate of drug-likeness (QED) is 0.688. The highest BCUT2D eigenvalue weighted by Crippen LogP contribution is 2.81. The van der Waals surface area contributed by atoms with Crippen LogP contribution in [0.1, 0.15) is 65.4 Å². The van der Waals surface area contributed by atoms with Crippen molar-refractivity contribution in [2.75, 3.05) is 0 Å². The lowest BCUT2D eigenvalue weighted by Gasteiger charge is -2.67. The van der Waals surface area contributed by atoms with Crippen molar-refractivity contribution in [3.05, 3.63) is 36.3 Å². The van der Waals surface area contributed by atoms with Gasteiger partial charge < -0.3 is 14.3 Å². The van der Waals surface area contributed by atoms with Crippen molar-refractivity contribution in [1.82, 2.24) is 0 Å². The summed E-state index contributed by atoms with van der Waals surface area (Å²) in [5.74, 6) is 0.193. The Bertz CT molecular complexity index is 1020. The number of rotatable bonds is 1. The number of Topliss-reactive ketones (excluding diaryl/α,β-unsaturated/α-hetero) is 1. The molecular formula is C26H32O5. The summed E-state index contributed by atoms with van der Waals surface area (Å²) in [5, 5.41) is 11.7. The third-order valence-electron chi connectivity index (χ3n) is 10.8. The van der Waals surface area contributed by atoms with Crippen LogP contribution in [-0.4, -0.2) is 34.5 Å². The van der Waals surface area contributed by atoms with Crippen LogP contribution < -0.4 is 0 Å². The van der Waals surface area contributed by atoms with Crippen molar-refractivity contribution < 1.29 is 23.8 Å². The molecule has 31 heavy (non-hydrogen) atoms. The smallest absolute Gasteiger partial charge is 0.172 e. The Morgan fingerprint density at radius 2 is 1.84 bits per heavy atom. The summed E-state index contributed by atoms with van der Waals surface area (Å²) < 4.78 is 11.7. The number of ketones is 2. The number of carbonyl (C=O) groups is 2. The van der Waals surface area contributed by atoms with Gasteiger partial charge in [-0.15, -0.1) is 0 Å². The molecule has 5 aliphatic rings. The molecule has 166 valence electrons. The SMILES string of the molecule is CC1(C)C(=O)C=C[C@]2(C)[C@H]3CC[C@@]4(C)[C@H](c5ccoc5)C(=O)[C@H]5O[C@]54[C@]3(C)[C@H](O)C[C@@H]12. The largest absolute Gasteiger partial charge is 0.472 e. The predicted octanol–water partition coefficient (Wildman–Crippen LogP) is 4.06. The predicted molar refractivity (Wildman–Crippen MR) is 113 cm³/mol. The zero-order valence-corrected chi connectivity index (χ0v) is 19.0. The van der Waals surface area contributed by atoms with E-state index in [0.717, 1.165) is 18.4 Å². The molecule has 1 N–H and O–H groups in total. The molecule has 1 aromatic heterocycles. The average molecular weight is 425 g/mol. The monoisotopic (exact) mass is 424 g/mol. The van der Waals surface area contributed by atoms with Gasteiger partial charge in [-0.1, -0.05) is 40.7 Å². The molecule has 4 aliphatic carbocycles. The summed E-state index contributed by atoms with van der Waals surface area (Å²) >= 11 is 0. The standard InChI is InChI=1S/C26H32O5/c1-22(2)16-12-18(28)25(5)15(23(16,3)9-7-17(22)27)6-10-24(4)19(14-8-11-30-13-14)20(29)21-26(24,25)31-21/h7-9,11,13,15-16,18-19,21,28H,6,10,12H2,1-5H3/t15-,16+,18-,19-,21-,23-,24+,25+,26-/m1/s1. The topological polar surface area (TPSA) is 80.0 Å². The third kappa shape index (κ3) is 1.87. The third-order valence-corrected chi connectivity index (χ3v) is 10.8. The van der Waals surface area contributed by atoms with Crippen molar-refractivity contribution >= 4 is 11.6 Å². The van der Waals surface area contributed by atoms with Gasteiger partial charge in [-0.2, -0.15) is 0 Å². The van der Waals surface area contributed by atoms with Crippen LogP contribution in [0.2, 0.25) is 0 Å². The average Bonchev–Trinajstić information content (AvgIpc) is 3.19. The van der Waals surface area contributed by atoms with Gasteiger partial charge in [0.2, 0.25) is 0 Å². The highest BCUT2D eigenvalue weighted by atomic mass is 16.6. The molecule has 4 fully saturated rings. The first-order chi connectivity index (χ1) is 14.5. The van der Waals surface area contributed by atoms with Gasteiger partial charge in [0.1, 0.15) is 11.7 Å². The summed E-state index contributed by atoms with van der Waals surface area (Å²) in [6.45, 7) is 10.6. The van der Waals surface area contributed by atoms with E-state index < -0.39 is 34.1 Å². The van der Waals surface area contributed by atoms with Crippen molar-refractivity contribution in [2.24, 2.45) is 33.5 Å². The van der Waals surface area contributed by atoms with Crippen LogP contribution in [0.5, 0.6) is 0 Å². The van der Waals surface area contributed by atoms with E-state index in [9.17, 15) is 14.7 Å². The molecular weight excluding hydrogens is 392 g/mol. The van der Waals surface area contributed by atoms with E-state index in [1.54, 1.807) is 18.6 Å².